The number of phenols is 1. The second kappa shape index (κ2) is 5.98. The van der Waals surface area contributed by atoms with Gasteiger partial charge in [0.1, 0.15) is 11.9 Å². The van der Waals surface area contributed by atoms with Gasteiger partial charge in [0, 0.05) is 11.4 Å². The number of rotatable bonds is 2. The van der Waals surface area contributed by atoms with Crippen molar-refractivity contribution in [2.24, 2.45) is 0 Å². The average molecular weight is 330 g/mol. The lowest BCUT2D eigenvalue weighted by molar-refractivity contribution is 0.0975. The van der Waals surface area contributed by atoms with Crippen molar-refractivity contribution in [1.29, 1.82) is 0 Å². The van der Waals surface area contributed by atoms with Crippen molar-refractivity contribution < 1.29 is 9.90 Å². The number of aromatic hydroxyl groups is 1. The van der Waals surface area contributed by atoms with E-state index in [0.717, 1.165) is 22.5 Å². The topological polar surface area (TPSA) is 52.6 Å². The fourth-order valence-corrected chi connectivity index (χ4v) is 3.23. The first-order chi connectivity index (χ1) is 12.1. The number of anilines is 2. The molecule has 0 bridgehead atoms. The van der Waals surface area contributed by atoms with Crippen molar-refractivity contribution in [3.05, 3.63) is 89.5 Å². The minimum Gasteiger partial charge on any atom is -0.508 e. The third kappa shape index (κ3) is 2.72. The molecule has 0 spiro atoms. The van der Waals surface area contributed by atoms with Gasteiger partial charge in [0.05, 0.1) is 5.56 Å². The number of aryl methyl sites for hydroxylation is 1. The van der Waals surface area contributed by atoms with Gasteiger partial charge in [-0.05, 0) is 54.4 Å². The van der Waals surface area contributed by atoms with Gasteiger partial charge in [0.2, 0.25) is 0 Å². The summed E-state index contributed by atoms with van der Waals surface area (Å²) in [6.07, 6.45) is -0.392. The molecule has 4 nitrogen and oxygen atoms in total. The summed E-state index contributed by atoms with van der Waals surface area (Å²) < 4.78 is 0. The minimum absolute atomic E-state index is 0.0618. The molecule has 4 heteroatoms. The van der Waals surface area contributed by atoms with E-state index in [2.05, 4.69) is 5.32 Å². The summed E-state index contributed by atoms with van der Waals surface area (Å²) in [6, 6.07) is 22.3. The monoisotopic (exact) mass is 330 g/mol. The Morgan fingerprint density at radius 1 is 0.960 bits per heavy atom. The van der Waals surface area contributed by atoms with Gasteiger partial charge in [0.25, 0.3) is 5.91 Å². The highest BCUT2D eigenvalue weighted by Crippen LogP contribution is 2.37. The Kier molecular flexibility index (Phi) is 3.65. The Balaban J connectivity index is 1.88. The Morgan fingerprint density at radius 2 is 1.76 bits per heavy atom. The van der Waals surface area contributed by atoms with Crippen LogP contribution in [0.1, 0.15) is 27.7 Å². The van der Waals surface area contributed by atoms with Gasteiger partial charge in [-0.2, -0.15) is 0 Å². The smallest absolute Gasteiger partial charge is 0.262 e. The maximum absolute atomic E-state index is 13.2. The number of carbonyl (C=O) groups excluding carboxylic acids is 1. The molecule has 2 N–H and O–H groups in total. The lowest BCUT2D eigenvalue weighted by atomic mass is 10.0. The number of hydrogen-bond acceptors (Lipinski definition) is 3. The number of nitrogens with one attached hydrogen (secondary N) is 1. The molecule has 4 rings (SSSR count). The third-order valence-electron chi connectivity index (χ3n) is 4.39. The SMILES string of the molecule is Cc1cccc(N2C(=O)c3ccccc3N[C@H]2c2cccc(O)c2)c1. The second-order valence-electron chi connectivity index (χ2n) is 6.20. The molecule has 1 aliphatic rings. The first-order valence-electron chi connectivity index (χ1n) is 8.18. The molecular formula is C21H18N2O2. The van der Waals surface area contributed by atoms with Crippen LogP contribution >= 0.6 is 0 Å². The predicted octanol–water partition coefficient (Wildman–Crippen LogP) is 4.47. The number of carbonyl (C=O) groups is 1. The van der Waals surface area contributed by atoms with E-state index in [-0.39, 0.29) is 11.7 Å². The first-order valence-corrected chi connectivity index (χ1v) is 8.18. The van der Waals surface area contributed by atoms with E-state index in [1.807, 2.05) is 61.5 Å². The average Bonchev–Trinajstić information content (AvgIpc) is 2.61. The molecule has 0 radical (unpaired) electrons. The number of phenolic OH excluding ortho intramolecular Hbond substituents is 1. The highest BCUT2D eigenvalue weighted by Gasteiger charge is 2.34. The van der Waals surface area contributed by atoms with Crippen LogP contribution in [0.3, 0.4) is 0 Å². The molecule has 1 heterocycles. The summed E-state index contributed by atoms with van der Waals surface area (Å²) in [6.45, 7) is 2.00. The molecule has 25 heavy (non-hydrogen) atoms. The maximum atomic E-state index is 13.2. The summed E-state index contributed by atoms with van der Waals surface area (Å²) in [5.74, 6) is 0.114. The van der Waals surface area contributed by atoms with Crippen molar-refractivity contribution in [3.63, 3.8) is 0 Å². The van der Waals surface area contributed by atoms with Crippen LogP contribution < -0.4 is 10.2 Å². The molecule has 0 saturated heterocycles. The second-order valence-corrected chi connectivity index (χ2v) is 6.20. The highest BCUT2D eigenvalue weighted by atomic mass is 16.3. The molecule has 0 aliphatic carbocycles. The van der Waals surface area contributed by atoms with Crippen molar-refractivity contribution >= 4 is 17.3 Å². The van der Waals surface area contributed by atoms with Crippen LogP contribution in [0.15, 0.2) is 72.8 Å². The van der Waals surface area contributed by atoms with E-state index in [0.29, 0.717) is 5.56 Å². The standard InChI is InChI=1S/C21H18N2O2/c1-14-6-4-8-16(12-14)23-20(15-7-5-9-17(24)13-15)22-19-11-3-2-10-18(19)21(23)25/h2-13,20,22,24H,1H3/t20-/m1/s1. The fourth-order valence-electron chi connectivity index (χ4n) is 3.23. The summed E-state index contributed by atoms with van der Waals surface area (Å²) in [5, 5.41) is 13.3. The van der Waals surface area contributed by atoms with E-state index >= 15 is 0 Å². The maximum Gasteiger partial charge on any atom is 0.262 e. The van der Waals surface area contributed by atoms with Crippen LogP contribution in [0.5, 0.6) is 5.75 Å². The van der Waals surface area contributed by atoms with E-state index < -0.39 is 6.17 Å². The summed E-state index contributed by atoms with van der Waals surface area (Å²) in [7, 11) is 0. The van der Waals surface area contributed by atoms with E-state index in [1.165, 1.54) is 0 Å². The van der Waals surface area contributed by atoms with Gasteiger partial charge in [0.15, 0.2) is 0 Å². The first kappa shape index (κ1) is 15.3. The van der Waals surface area contributed by atoms with Crippen molar-refractivity contribution in [2.45, 2.75) is 13.1 Å². The zero-order valence-electron chi connectivity index (χ0n) is 13.8. The molecule has 0 unspecified atom stereocenters. The zero-order valence-corrected chi connectivity index (χ0v) is 13.8. The molecule has 3 aromatic carbocycles. The highest BCUT2D eigenvalue weighted by molar-refractivity contribution is 6.12. The normalized spacial score (nSPS) is 16.3. The van der Waals surface area contributed by atoms with Crippen LogP contribution in [0.4, 0.5) is 11.4 Å². The molecule has 124 valence electrons. The third-order valence-corrected chi connectivity index (χ3v) is 4.39. The largest absolute Gasteiger partial charge is 0.508 e. The van der Waals surface area contributed by atoms with Crippen molar-refractivity contribution in [3.8, 4) is 5.75 Å². The van der Waals surface area contributed by atoms with Gasteiger partial charge >= 0.3 is 0 Å². The number of nitrogens with zero attached hydrogens (tertiary/aromatic N) is 1. The number of benzene rings is 3. The molecule has 1 atom stereocenters. The molecule has 0 fully saturated rings. The van der Waals surface area contributed by atoms with Gasteiger partial charge in [-0.3, -0.25) is 9.69 Å². The Morgan fingerprint density at radius 3 is 2.56 bits per heavy atom. The Bertz CT molecular complexity index is 952. The number of para-hydroxylation sites is 1. The number of hydrogen-bond donors (Lipinski definition) is 2. The lowest BCUT2D eigenvalue weighted by Gasteiger charge is -2.38. The Labute approximate surface area is 146 Å². The van der Waals surface area contributed by atoms with Gasteiger partial charge < -0.3 is 10.4 Å². The van der Waals surface area contributed by atoms with Crippen LogP contribution in [0.2, 0.25) is 0 Å². The Hall–Kier alpha value is -3.27. The summed E-state index contributed by atoms with van der Waals surface area (Å²) in [5.41, 5.74) is 4.16. The van der Waals surface area contributed by atoms with E-state index in [4.69, 9.17) is 0 Å². The molecule has 3 aromatic rings. The zero-order chi connectivity index (χ0) is 17.4. The summed E-state index contributed by atoms with van der Waals surface area (Å²) >= 11 is 0. The molecule has 1 aliphatic heterocycles. The molecule has 0 aromatic heterocycles. The lowest BCUT2D eigenvalue weighted by Crippen LogP contribution is -2.43. The van der Waals surface area contributed by atoms with E-state index in [1.54, 1.807) is 23.1 Å². The molecular weight excluding hydrogens is 312 g/mol. The van der Waals surface area contributed by atoms with Crippen LogP contribution in [-0.4, -0.2) is 11.0 Å². The van der Waals surface area contributed by atoms with Crippen LogP contribution in [0, 0.1) is 6.92 Å². The van der Waals surface area contributed by atoms with Gasteiger partial charge in [-0.1, -0.05) is 36.4 Å². The number of fused-ring (bicyclic) bond motifs is 1. The molecule has 0 saturated carbocycles. The van der Waals surface area contributed by atoms with Gasteiger partial charge in [-0.15, -0.1) is 0 Å². The predicted molar refractivity (Wildman–Crippen MR) is 98.9 cm³/mol. The van der Waals surface area contributed by atoms with Gasteiger partial charge in [-0.25, -0.2) is 0 Å². The number of amides is 1. The van der Waals surface area contributed by atoms with Crippen LogP contribution in [0.25, 0.3) is 0 Å². The minimum atomic E-state index is -0.392. The molecule has 1 amide bonds. The quantitative estimate of drug-likeness (QED) is 0.729. The van der Waals surface area contributed by atoms with E-state index in [9.17, 15) is 9.90 Å². The fraction of sp³-hybridized carbons (Fsp3) is 0.0952. The van der Waals surface area contributed by atoms with Crippen molar-refractivity contribution in [1.82, 2.24) is 0 Å². The van der Waals surface area contributed by atoms with Crippen molar-refractivity contribution in [2.75, 3.05) is 10.2 Å². The summed E-state index contributed by atoms with van der Waals surface area (Å²) in [4.78, 5) is 15.0. The van der Waals surface area contributed by atoms with Crippen LogP contribution in [-0.2, 0) is 0 Å².